The third-order valence-electron chi connectivity index (χ3n) is 2.43. The van der Waals surface area contributed by atoms with Crippen LogP contribution in [0.1, 0.15) is 0 Å². The first-order chi connectivity index (χ1) is 9.69. The molecule has 0 radical (unpaired) electrons. The number of hydrogen-bond acceptors (Lipinski definition) is 4. The van der Waals surface area contributed by atoms with E-state index in [-0.39, 0.29) is 12.5 Å². The maximum atomic E-state index is 11.4. The average Bonchev–Trinajstić information content (AvgIpc) is 2.42. The third kappa shape index (κ3) is 5.69. The molecular formula is C15H21N3O2. The van der Waals surface area contributed by atoms with Crippen molar-refractivity contribution < 1.29 is 9.53 Å². The lowest BCUT2D eigenvalue weighted by molar-refractivity contribution is -0.119. The Labute approximate surface area is 119 Å². The molecule has 108 valence electrons. The van der Waals surface area contributed by atoms with Crippen molar-refractivity contribution in [3.63, 3.8) is 0 Å². The lowest BCUT2D eigenvalue weighted by Gasteiger charge is -2.21. The molecule has 0 fully saturated rings. The largest absolute Gasteiger partial charge is 0.375 e. The molecule has 1 amide bonds. The van der Waals surface area contributed by atoms with E-state index in [9.17, 15) is 4.79 Å². The predicted molar refractivity (Wildman–Crippen MR) is 82.5 cm³/mol. The number of methoxy groups -OCH3 is 1. The summed E-state index contributed by atoms with van der Waals surface area (Å²) < 4.78 is 4.76. The standard InChI is InChI=1S/C15H21N3O2/c1-4-10-18(11-5-2)17-14-8-6-13(7-9-14)16-15(19)12-20-3/h4-9,17H,1-2,10-12H2,3H3,(H,16,19). The van der Waals surface area contributed by atoms with E-state index in [1.54, 1.807) is 0 Å². The van der Waals surface area contributed by atoms with Gasteiger partial charge >= 0.3 is 0 Å². The molecule has 20 heavy (non-hydrogen) atoms. The van der Waals surface area contributed by atoms with Crippen LogP contribution in [0.5, 0.6) is 0 Å². The Morgan fingerprint density at radius 1 is 1.20 bits per heavy atom. The van der Waals surface area contributed by atoms with Gasteiger partial charge in [-0.25, -0.2) is 5.01 Å². The van der Waals surface area contributed by atoms with Crippen molar-refractivity contribution in [2.24, 2.45) is 0 Å². The number of carbonyl (C=O) groups is 1. The van der Waals surface area contributed by atoms with Crippen LogP contribution in [-0.2, 0) is 9.53 Å². The second-order valence-electron chi connectivity index (χ2n) is 4.15. The molecule has 0 aliphatic heterocycles. The Hall–Kier alpha value is -2.11. The van der Waals surface area contributed by atoms with Crippen LogP contribution in [0, 0.1) is 0 Å². The first-order valence-corrected chi connectivity index (χ1v) is 6.32. The molecule has 5 heteroatoms. The van der Waals surface area contributed by atoms with E-state index in [2.05, 4.69) is 23.9 Å². The van der Waals surface area contributed by atoms with E-state index >= 15 is 0 Å². The summed E-state index contributed by atoms with van der Waals surface area (Å²) in [5, 5.41) is 4.71. The molecule has 0 unspecified atom stereocenters. The minimum atomic E-state index is -0.173. The summed E-state index contributed by atoms with van der Waals surface area (Å²) in [4.78, 5) is 11.4. The van der Waals surface area contributed by atoms with Crippen molar-refractivity contribution in [3.8, 4) is 0 Å². The van der Waals surface area contributed by atoms with Crippen molar-refractivity contribution in [2.45, 2.75) is 0 Å². The van der Waals surface area contributed by atoms with Crippen molar-refractivity contribution >= 4 is 17.3 Å². The molecule has 0 saturated heterocycles. The summed E-state index contributed by atoms with van der Waals surface area (Å²) in [5.41, 5.74) is 4.90. The Morgan fingerprint density at radius 2 is 1.75 bits per heavy atom. The number of amides is 1. The molecule has 0 aromatic heterocycles. The highest BCUT2D eigenvalue weighted by Crippen LogP contribution is 2.14. The van der Waals surface area contributed by atoms with E-state index in [1.807, 2.05) is 41.4 Å². The smallest absolute Gasteiger partial charge is 0.250 e. The molecule has 0 atom stereocenters. The third-order valence-corrected chi connectivity index (χ3v) is 2.43. The molecule has 5 nitrogen and oxygen atoms in total. The maximum Gasteiger partial charge on any atom is 0.250 e. The SMILES string of the molecule is C=CCN(CC=C)Nc1ccc(NC(=O)COC)cc1. The number of anilines is 2. The monoisotopic (exact) mass is 275 g/mol. The first kappa shape index (κ1) is 15.9. The molecule has 0 saturated carbocycles. The average molecular weight is 275 g/mol. The lowest BCUT2D eigenvalue weighted by Crippen LogP contribution is -2.30. The van der Waals surface area contributed by atoms with Crippen molar-refractivity contribution in [1.29, 1.82) is 0 Å². The summed E-state index contributed by atoms with van der Waals surface area (Å²) in [6.45, 7) is 8.89. The van der Waals surface area contributed by atoms with Gasteiger partial charge in [0.15, 0.2) is 0 Å². The number of hydrazine groups is 1. The zero-order valence-corrected chi connectivity index (χ0v) is 11.8. The molecule has 0 aliphatic rings. The summed E-state index contributed by atoms with van der Waals surface area (Å²) >= 11 is 0. The van der Waals surface area contributed by atoms with E-state index in [0.29, 0.717) is 13.1 Å². The fourth-order valence-electron chi connectivity index (χ4n) is 1.62. The topological polar surface area (TPSA) is 53.6 Å². The van der Waals surface area contributed by atoms with Gasteiger partial charge in [0, 0.05) is 31.6 Å². The van der Waals surface area contributed by atoms with Gasteiger partial charge in [-0.05, 0) is 24.3 Å². The number of carbonyl (C=O) groups excluding carboxylic acids is 1. The molecule has 1 rings (SSSR count). The van der Waals surface area contributed by atoms with Gasteiger partial charge in [0.05, 0.1) is 0 Å². The summed E-state index contributed by atoms with van der Waals surface area (Å²) in [5.74, 6) is -0.173. The van der Waals surface area contributed by atoms with E-state index < -0.39 is 0 Å². The van der Waals surface area contributed by atoms with Gasteiger partial charge < -0.3 is 15.5 Å². The van der Waals surface area contributed by atoms with Crippen LogP contribution in [-0.4, -0.2) is 37.7 Å². The van der Waals surface area contributed by atoms with Gasteiger partial charge in [-0.15, -0.1) is 13.2 Å². The number of ether oxygens (including phenoxy) is 1. The van der Waals surface area contributed by atoms with Gasteiger partial charge in [0.1, 0.15) is 6.61 Å². The fraction of sp³-hybridized carbons (Fsp3) is 0.267. The van der Waals surface area contributed by atoms with Crippen molar-refractivity contribution in [3.05, 3.63) is 49.6 Å². The second-order valence-corrected chi connectivity index (χ2v) is 4.15. The fourth-order valence-corrected chi connectivity index (χ4v) is 1.62. The maximum absolute atomic E-state index is 11.4. The lowest BCUT2D eigenvalue weighted by atomic mass is 10.3. The van der Waals surface area contributed by atoms with Crippen LogP contribution in [0.3, 0.4) is 0 Å². The highest BCUT2D eigenvalue weighted by Gasteiger charge is 2.03. The Morgan fingerprint density at radius 3 is 2.25 bits per heavy atom. The van der Waals surface area contributed by atoms with Crippen LogP contribution in [0.4, 0.5) is 11.4 Å². The Bertz CT molecular complexity index is 433. The summed E-state index contributed by atoms with van der Waals surface area (Å²) in [6, 6.07) is 7.44. The highest BCUT2D eigenvalue weighted by molar-refractivity contribution is 5.91. The van der Waals surface area contributed by atoms with E-state index in [0.717, 1.165) is 11.4 Å². The van der Waals surface area contributed by atoms with E-state index in [1.165, 1.54) is 7.11 Å². The Kier molecular flexibility index (Phi) is 7.10. The molecule has 0 spiro atoms. The summed E-state index contributed by atoms with van der Waals surface area (Å²) in [7, 11) is 1.49. The molecule has 0 bridgehead atoms. The van der Waals surface area contributed by atoms with Crippen molar-refractivity contribution in [2.75, 3.05) is 37.5 Å². The van der Waals surface area contributed by atoms with Crippen molar-refractivity contribution in [1.82, 2.24) is 5.01 Å². The first-order valence-electron chi connectivity index (χ1n) is 6.32. The van der Waals surface area contributed by atoms with Crippen LogP contribution in [0.25, 0.3) is 0 Å². The predicted octanol–water partition coefficient (Wildman–Crippen LogP) is 2.27. The number of benzene rings is 1. The molecule has 1 aromatic rings. The normalized spacial score (nSPS) is 10.1. The summed E-state index contributed by atoms with van der Waals surface area (Å²) in [6.07, 6.45) is 3.63. The highest BCUT2D eigenvalue weighted by atomic mass is 16.5. The van der Waals surface area contributed by atoms with Gasteiger partial charge in [-0.1, -0.05) is 12.2 Å². The number of rotatable bonds is 9. The molecule has 0 heterocycles. The van der Waals surface area contributed by atoms with Gasteiger partial charge in [-0.3, -0.25) is 4.79 Å². The van der Waals surface area contributed by atoms with Gasteiger partial charge in [0.2, 0.25) is 5.91 Å². The van der Waals surface area contributed by atoms with Crippen LogP contribution in [0.2, 0.25) is 0 Å². The number of hydrogen-bond donors (Lipinski definition) is 2. The second kappa shape index (κ2) is 8.90. The quantitative estimate of drug-likeness (QED) is 0.536. The van der Waals surface area contributed by atoms with E-state index in [4.69, 9.17) is 4.74 Å². The minimum absolute atomic E-state index is 0.0481. The molecular weight excluding hydrogens is 254 g/mol. The zero-order valence-electron chi connectivity index (χ0n) is 11.8. The van der Waals surface area contributed by atoms with Crippen LogP contribution >= 0.6 is 0 Å². The molecule has 2 N–H and O–H groups in total. The van der Waals surface area contributed by atoms with Gasteiger partial charge in [-0.2, -0.15) is 0 Å². The zero-order chi connectivity index (χ0) is 14.8. The Balaban J connectivity index is 2.58. The molecule has 1 aromatic carbocycles. The van der Waals surface area contributed by atoms with Crippen LogP contribution < -0.4 is 10.7 Å². The number of nitrogens with one attached hydrogen (secondary N) is 2. The number of nitrogens with zero attached hydrogens (tertiary/aromatic N) is 1. The van der Waals surface area contributed by atoms with Gasteiger partial charge in [0.25, 0.3) is 0 Å². The molecule has 0 aliphatic carbocycles. The minimum Gasteiger partial charge on any atom is -0.375 e. The van der Waals surface area contributed by atoms with Crippen LogP contribution in [0.15, 0.2) is 49.6 Å².